The van der Waals surface area contributed by atoms with E-state index in [-0.39, 0.29) is 42.5 Å². The Morgan fingerprint density at radius 3 is 2.08 bits per heavy atom. The van der Waals surface area contributed by atoms with Crippen LogP contribution in [0.5, 0.6) is 0 Å². The summed E-state index contributed by atoms with van der Waals surface area (Å²) in [5.41, 5.74) is -1.47. The first-order valence-electron chi connectivity index (χ1n) is 13.7. The van der Waals surface area contributed by atoms with Crippen LogP contribution in [-0.2, 0) is 37.6 Å². The van der Waals surface area contributed by atoms with E-state index >= 15 is 0 Å². The minimum atomic E-state index is -1.96. The van der Waals surface area contributed by atoms with Crippen molar-refractivity contribution in [3.63, 3.8) is 0 Å². The average Bonchev–Trinajstić information content (AvgIpc) is 3.26. The molecule has 2 rings (SSSR count). The molecule has 5 atom stereocenters. The highest BCUT2D eigenvalue weighted by atomic mass is 28.4. The average molecular weight is 549 g/mol. The molecule has 0 bridgehead atoms. The smallest absolute Gasteiger partial charge is 0.192 e. The van der Waals surface area contributed by atoms with Crippen molar-refractivity contribution in [1.29, 1.82) is 0 Å². The van der Waals surface area contributed by atoms with Crippen LogP contribution in [0, 0.1) is 0 Å². The Morgan fingerprint density at radius 2 is 1.57 bits per heavy atom. The molecule has 37 heavy (non-hydrogen) atoms. The number of methoxy groups -OCH3 is 2. The maximum Gasteiger partial charge on any atom is 0.192 e. The summed E-state index contributed by atoms with van der Waals surface area (Å²) in [6, 6.07) is 0. The Morgan fingerprint density at radius 1 is 0.946 bits per heavy atom. The molecule has 0 spiro atoms. The molecule has 0 unspecified atom stereocenters. The van der Waals surface area contributed by atoms with Gasteiger partial charge in [0.25, 0.3) is 0 Å². The molecule has 0 saturated carbocycles. The molecule has 0 aromatic carbocycles. The van der Waals surface area contributed by atoms with Gasteiger partial charge in [0.15, 0.2) is 14.1 Å². The first-order chi connectivity index (χ1) is 16.8. The Bertz CT molecular complexity index is 721. The van der Waals surface area contributed by atoms with Crippen molar-refractivity contribution in [2.24, 2.45) is 0 Å². The second kappa shape index (κ2) is 12.2. The van der Waals surface area contributed by atoms with Gasteiger partial charge < -0.3 is 37.6 Å². The standard InChI is InChI=1S/C28H56O8Si/c1-24(2,3)37(12,13)33-18-23(31-19-29-10)28(9)17-15-22(35-28)27(8,32-20-30-11)16-14-21-25(4,5)36-26(6,7)34-21/h21-23H,14-20H2,1-13H3/t21-,22-,23-,27+,28+/m1/s1. The molecule has 2 fully saturated rings. The van der Waals surface area contributed by atoms with Crippen LogP contribution >= 0.6 is 0 Å². The molecule has 9 heteroatoms. The third-order valence-corrected chi connectivity index (χ3v) is 13.1. The zero-order valence-electron chi connectivity index (χ0n) is 25.9. The lowest BCUT2D eigenvalue weighted by atomic mass is 9.86. The predicted octanol–water partition coefficient (Wildman–Crippen LogP) is 6.02. The van der Waals surface area contributed by atoms with E-state index in [1.807, 2.05) is 13.8 Å². The number of hydrogen-bond acceptors (Lipinski definition) is 8. The van der Waals surface area contributed by atoms with Gasteiger partial charge in [-0.1, -0.05) is 20.8 Å². The van der Waals surface area contributed by atoms with Gasteiger partial charge in [-0.05, 0) is 85.4 Å². The van der Waals surface area contributed by atoms with E-state index in [0.29, 0.717) is 6.61 Å². The molecule has 0 aromatic heterocycles. The molecule has 8 nitrogen and oxygen atoms in total. The summed E-state index contributed by atoms with van der Waals surface area (Å²) in [6.45, 7) is 24.4. The third kappa shape index (κ3) is 8.44. The molecular weight excluding hydrogens is 492 g/mol. The van der Waals surface area contributed by atoms with E-state index in [4.69, 9.17) is 37.6 Å². The molecule has 2 aliphatic rings. The maximum atomic E-state index is 6.83. The molecule has 2 saturated heterocycles. The van der Waals surface area contributed by atoms with Gasteiger partial charge in [0.1, 0.15) is 19.7 Å². The Hall–Kier alpha value is -0.103. The summed E-state index contributed by atoms with van der Waals surface area (Å²) < 4.78 is 48.9. The van der Waals surface area contributed by atoms with E-state index in [9.17, 15) is 0 Å². The van der Waals surface area contributed by atoms with Crippen LogP contribution in [0.4, 0.5) is 0 Å². The number of rotatable bonds is 14. The van der Waals surface area contributed by atoms with Crippen molar-refractivity contribution < 1.29 is 37.6 Å². The minimum Gasteiger partial charge on any atom is -0.414 e. The largest absolute Gasteiger partial charge is 0.414 e. The van der Waals surface area contributed by atoms with Crippen molar-refractivity contribution in [1.82, 2.24) is 0 Å². The lowest BCUT2D eigenvalue weighted by molar-refractivity contribution is -0.224. The van der Waals surface area contributed by atoms with Gasteiger partial charge in [-0.15, -0.1) is 0 Å². The fraction of sp³-hybridized carbons (Fsp3) is 1.00. The second-order valence-corrected chi connectivity index (χ2v) is 18.5. The van der Waals surface area contributed by atoms with Crippen molar-refractivity contribution in [3.8, 4) is 0 Å². The topological polar surface area (TPSA) is 73.8 Å². The van der Waals surface area contributed by atoms with Crippen LogP contribution in [0.15, 0.2) is 0 Å². The number of hydrogen-bond donors (Lipinski definition) is 0. The van der Waals surface area contributed by atoms with E-state index in [2.05, 4.69) is 61.6 Å². The molecule has 0 amide bonds. The summed E-state index contributed by atoms with van der Waals surface area (Å²) in [5, 5.41) is 0.111. The van der Waals surface area contributed by atoms with E-state index in [0.717, 1.165) is 25.7 Å². The van der Waals surface area contributed by atoms with Crippen molar-refractivity contribution >= 4 is 8.32 Å². The van der Waals surface area contributed by atoms with Crippen LogP contribution in [-0.4, -0.2) is 83.6 Å². The van der Waals surface area contributed by atoms with E-state index < -0.39 is 25.3 Å². The molecular formula is C28H56O8Si. The fourth-order valence-electron chi connectivity index (χ4n) is 5.13. The van der Waals surface area contributed by atoms with Crippen molar-refractivity contribution in [2.75, 3.05) is 34.4 Å². The highest BCUT2D eigenvalue weighted by Crippen LogP contribution is 2.45. The zero-order valence-corrected chi connectivity index (χ0v) is 26.9. The molecule has 0 aromatic rings. The Labute approximate surface area is 227 Å². The Kier molecular flexibility index (Phi) is 10.9. The van der Waals surface area contributed by atoms with Gasteiger partial charge in [0.05, 0.1) is 35.6 Å². The number of ether oxygens (including phenoxy) is 7. The van der Waals surface area contributed by atoms with Gasteiger partial charge in [0.2, 0.25) is 0 Å². The molecule has 2 heterocycles. The lowest BCUT2D eigenvalue weighted by Gasteiger charge is -2.41. The van der Waals surface area contributed by atoms with Crippen molar-refractivity contribution in [2.45, 2.75) is 147 Å². The van der Waals surface area contributed by atoms with Crippen LogP contribution in [0.2, 0.25) is 18.1 Å². The highest BCUT2D eigenvalue weighted by Gasteiger charge is 2.52. The SMILES string of the molecule is COCO[C@H](CO[Si](C)(C)C(C)(C)C)[C@]1(C)CC[C@H]([C@](C)(CC[C@H]2OC(C)(C)OC2(C)C)OCOC)O1. The van der Waals surface area contributed by atoms with Crippen LogP contribution < -0.4 is 0 Å². The van der Waals surface area contributed by atoms with Gasteiger partial charge in [0, 0.05) is 14.2 Å². The summed E-state index contributed by atoms with van der Waals surface area (Å²) in [7, 11) is 1.32. The molecule has 0 N–H and O–H groups in total. The summed E-state index contributed by atoms with van der Waals surface area (Å²) in [4.78, 5) is 0. The van der Waals surface area contributed by atoms with E-state index in [1.54, 1.807) is 14.2 Å². The molecule has 0 aliphatic carbocycles. The van der Waals surface area contributed by atoms with Crippen LogP contribution in [0.1, 0.15) is 88.0 Å². The molecule has 220 valence electrons. The van der Waals surface area contributed by atoms with Crippen LogP contribution in [0.25, 0.3) is 0 Å². The normalized spacial score (nSPS) is 30.4. The third-order valence-electron chi connectivity index (χ3n) is 8.59. The predicted molar refractivity (Wildman–Crippen MR) is 147 cm³/mol. The van der Waals surface area contributed by atoms with Gasteiger partial charge in [-0.3, -0.25) is 0 Å². The van der Waals surface area contributed by atoms with Gasteiger partial charge >= 0.3 is 0 Å². The highest BCUT2D eigenvalue weighted by molar-refractivity contribution is 6.74. The first-order valence-corrected chi connectivity index (χ1v) is 16.6. The maximum absolute atomic E-state index is 6.83. The second-order valence-electron chi connectivity index (χ2n) is 13.7. The van der Waals surface area contributed by atoms with Crippen LogP contribution in [0.3, 0.4) is 0 Å². The minimum absolute atomic E-state index is 0.0449. The molecule has 2 aliphatic heterocycles. The first kappa shape index (κ1) is 33.1. The summed E-state index contributed by atoms with van der Waals surface area (Å²) in [5.74, 6) is -0.601. The van der Waals surface area contributed by atoms with Gasteiger partial charge in [-0.2, -0.15) is 0 Å². The lowest BCUT2D eigenvalue weighted by Crippen LogP contribution is -2.51. The quantitative estimate of drug-likeness (QED) is 0.193. The molecule has 0 radical (unpaired) electrons. The summed E-state index contributed by atoms with van der Waals surface area (Å²) >= 11 is 0. The zero-order chi connectivity index (χ0) is 28.3. The fourth-order valence-corrected chi connectivity index (χ4v) is 6.13. The van der Waals surface area contributed by atoms with Crippen molar-refractivity contribution in [3.05, 3.63) is 0 Å². The summed E-state index contributed by atoms with van der Waals surface area (Å²) in [6.07, 6.45) is 2.77. The van der Waals surface area contributed by atoms with Gasteiger partial charge in [-0.25, -0.2) is 0 Å². The van der Waals surface area contributed by atoms with E-state index in [1.165, 1.54) is 0 Å². The Balaban J connectivity index is 2.17. The monoisotopic (exact) mass is 548 g/mol.